The van der Waals surface area contributed by atoms with Crippen molar-refractivity contribution in [2.75, 3.05) is 32.7 Å². The van der Waals surface area contributed by atoms with Crippen molar-refractivity contribution in [1.82, 2.24) is 14.8 Å². The number of rotatable bonds is 5. The largest absolute Gasteiger partial charge is 0.361 e. The molecule has 2 fully saturated rings. The summed E-state index contributed by atoms with van der Waals surface area (Å²) in [4.78, 5) is 19.8. The molecule has 4 heteroatoms. The van der Waals surface area contributed by atoms with E-state index in [2.05, 4.69) is 41.2 Å². The molecule has 0 unspecified atom stereocenters. The van der Waals surface area contributed by atoms with Gasteiger partial charge in [-0.3, -0.25) is 4.79 Å². The van der Waals surface area contributed by atoms with Crippen LogP contribution in [0.2, 0.25) is 0 Å². The number of aromatic nitrogens is 1. The highest BCUT2D eigenvalue weighted by molar-refractivity contribution is 5.86. The highest BCUT2D eigenvalue weighted by atomic mass is 16.2. The molecule has 4 rings (SSSR count). The van der Waals surface area contributed by atoms with E-state index in [9.17, 15) is 4.79 Å². The molecule has 2 aliphatic rings. The number of carbonyl (C=O) groups excluding carboxylic acids is 1. The fourth-order valence-electron chi connectivity index (χ4n) is 4.54. The van der Waals surface area contributed by atoms with E-state index in [-0.39, 0.29) is 0 Å². The highest BCUT2D eigenvalue weighted by Gasteiger charge is 2.25. The number of aryl methyl sites for hydroxylation is 1. The van der Waals surface area contributed by atoms with Crippen LogP contribution >= 0.6 is 0 Å². The van der Waals surface area contributed by atoms with E-state index < -0.39 is 0 Å². The van der Waals surface area contributed by atoms with Gasteiger partial charge in [0.15, 0.2) is 0 Å². The summed E-state index contributed by atoms with van der Waals surface area (Å²) in [6.07, 6.45) is 7.55. The van der Waals surface area contributed by atoms with Crippen LogP contribution in [0.3, 0.4) is 0 Å². The van der Waals surface area contributed by atoms with E-state index in [4.69, 9.17) is 0 Å². The summed E-state index contributed by atoms with van der Waals surface area (Å²) in [5.74, 6) is 1.01. The van der Waals surface area contributed by atoms with E-state index in [1.807, 2.05) is 4.90 Å². The van der Waals surface area contributed by atoms with Gasteiger partial charge in [0.25, 0.3) is 0 Å². The van der Waals surface area contributed by atoms with Gasteiger partial charge in [-0.25, -0.2) is 0 Å². The molecule has 1 aromatic carbocycles. The molecule has 0 aliphatic carbocycles. The Bertz CT molecular complexity index is 743. The van der Waals surface area contributed by atoms with E-state index in [0.717, 1.165) is 52.0 Å². The number of amides is 1. The summed E-state index contributed by atoms with van der Waals surface area (Å²) in [7, 11) is 0. The zero-order chi connectivity index (χ0) is 17.2. The summed E-state index contributed by atoms with van der Waals surface area (Å²) in [5.41, 5.74) is 4.24. The third-order valence-electron chi connectivity index (χ3n) is 6.10. The predicted octanol–water partition coefficient (Wildman–Crippen LogP) is 3.53. The van der Waals surface area contributed by atoms with Gasteiger partial charge in [-0.1, -0.05) is 25.1 Å². The molecule has 2 saturated heterocycles. The number of hydrogen-bond acceptors (Lipinski definition) is 2. The van der Waals surface area contributed by atoms with E-state index in [1.165, 1.54) is 34.9 Å². The third kappa shape index (κ3) is 3.32. The van der Waals surface area contributed by atoms with Crippen molar-refractivity contribution in [3.05, 3.63) is 35.5 Å². The van der Waals surface area contributed by atoms with Gasteiger partial charge in [0.05, 0.1) is 0 Å². The Labute approximate surface area is 150 Å². The number of carbonyl (C=O) groups is 1. The molecular formula is C21H29N3O. The van der Waals surface area contributed by atoms with E-state index in [0.29, 0.717) is 11.8 Å². The molecule has 0 radical (unpaired) electrons. The molecule has 3 heterocycles. The Kier molecular flexibility index (Phi) is 4.80. The topological polar surface area (TPSA) is 39.3 Å². The molecule has 0 saturated carbocycles. The standard InChI is InChI=1S/C21H29N3O/c1-2-16-5-3-6-18-19(15-22-21(16)18)17-8-11-23(12-9-17)13-14-24-10-4-7-20(24)25/h3,5-6,15,17,22H,2,4,7-14H2,1H3. The van der Waals surface area contributed by atoms with Gasteiger partial charge in [-0.15, -0.1) is 0 Å². The molecule has 0 bridgehead atoms. The van der Waals surface area contributed by atoms with Crippen LogP contribution in [0, 0.1) is 0 Å². The maximum atomic E-state index is 11.7. The van der Waals surface area contributed by atoms with Crippen molar-refractivity contribution in [2.45, 2.75) is 44.9 Å². The Morgan fingerprint density at radius 1 is 1.16 bits per heavy atom. The molecular weight excluding hydrogens is 310 g/mol. The van der Waals surface area contributed by atoms with Crippen molar-refractivity contribution in [3.8, 4) is 0 Å². The molecule has 2 aromatic rings. The van der Waals surface area contributed by atoms with Crippen LogP contribution < -0.4 is 0 Å². The lowest BCUT2D eigenvalue weighted by Gasteiger charge is -2.33. The van der Waals surface area contributed by atoms with Gasteiger partial charge < -0.3 is 14.8 Å². The number of nitrogens with one attached hydrogen (secondary N) is 1. The number of fused-ring (bicyclic) bond motifs is 1. The monoisotopic (exact) mass is 339 g/mol. The Balaban J connectivity index is 1.36. The lowest BCUT2D eigenvalue weighted by molar-refractivity contribution is -0.127. The maximum absolute atomic E-state index is 11.7. The number of nitrogens with zero attached hydrogens (tertiary/aromatic N) is 2. The molecule has 0 atom stereocenters. The van der Waals surface area contributed by atoms with Crippen LogP contribution in [0.1, 0.15) is 49.7 Å². The minimum Gasteiger partial charge on any atom is -0.361 e. The first-order chi connectivity index (χ1) is 12.3. The molecule has 134 valence electrons. The SMILES string of the molecule is CCc1cccc2c(C3CCN(CCN4CCCC4=O)CC3)c[nH]c12. The average molecular weight is 339 g/mol. The molecule has 1 N–H and O–H groups in total. The van der Waals surface area contributed by atoms with Crippen LogP contribution in [0.5, 0.6) is 0 Å². The number of H-pyrrole nitrogens is 1. The van der Waals surface area contributed by atoms with Gasteiger partial charge in [-0.05, 0) is 55.8 Å². The number of benzene rings is 1. The first-order valence-corrected chi connectivity index (χ1v) is 9.85. The van der Waals surface area contributed by atoms with Gasteiger partial charge in [0, 0.05) is 43.2 Å². The van der Waals surface area contributed by atoms with Crippen molar-refractivity contribution >= 4 is 16.8 Å². The van der Waals surface area contributed by atoms with Gasteiger partial charge in [0.1, 0.15) is 0 Å². The summed E-state index contributed by atoms with van der Waals surface area (Å²) in [6.45, 7) is 7.42. The smallest absolute Gasteiger partial charge is 0.222 e. The van der Waals surface area contributed by atoms with E-state index >= 15 is 0 Å². The second kappa shape index (κ2) is 7.20. The quantitative estimate of drug-likeness (QED) is 0.905. The lowest BCUT2D eigenvalue weighted by atomic mass is 9.89. The lowest BCUT2D eigenvalue weighted by Crippen LogP contribution is -2.39. The average Bonchev–Trinajstić information content (AvgIpc) is 3.26. The van der Waals surface area contributed by atoms with Crippen LogP contribution in [0.15, 0.2) is 24.4 Å². The van der Waals surface area contributed by atoms with Crippen LogP contribution in [0.25, 0.3) is 10.9 Å². The first-order valence-electron chi connectivity index (χ1n) is 9.85. The van der Waals surface area contributed by atoms with Crippen molar-refractivity contribution in [1.29, 1.82) is 0 Å². The Hall–Kier alpha value is -1.81. The predicted molar refractivity (Wildman–Crippen MR) is 102 cm³/mol. The molecule has 25 heavy (non-hydrogen) atoms. The molecule has 0 spiro atoms. The number of hydrogen-bond donors (Lipinski definition) is 1. The van der Waals surface area contributed by atoms with Gasteiger partial charge in [0.2, 0.25) is 5.91 Å². The molecule has 2 aliphatic heterocycles. The Morgan fingerprint density at radius 3 is 2.72 bits per heavy atom. The number of para-hydroxylation sites is 1. The van der Waals surface area contributed by atoms with Crippen LogP contribution in [0.4, 0.5) is 0 Å². The molecule has 4 nitrogen and oxygen atoms in total. The zero-order valence-electron chi connectivity index (χ0n) is 15.3. The van der Waals surface area contributed by atoms with E-state index in [1.54, 1.807) is 0 Å². The summed E-state index contributed by atoms with van der Waals surface area (Å²) >= 11 is 0. The first kappa shape index (κ1) is 16.6. The van der Waals surface area contributed by atoms with Gasteiger partial charge >= 0.3 is 0 Å². The maximum Gasteiger partial charge on any atom is 0.222 e. The van der Waals surface area contributed by atoms with Crippen molar-refractivity contribution in [2.24, 2.45) is 0 Å². The van der Waals surface area contributed by atoms with Crippen LogP contribution in [-0.4, -0.2) is 53.4 Å². The zero-order valence-corrected chi connectivity index (χ0v) is 15.3. The molecule has 1 aromatic heterocycles. The summed E-state index contributed by atoms with van der Waals surface area (Å²) < 4.78 is 0. The summed E-state index contributed by atoms with van der Waals surface area (Å²) in [5, 5.41) is 1.42. The minimum atomic E-state index is 0.348. The fourth-order valence-corrected chi connectivity index (χ4v) is 4.54. The fraction of sp³-hybridized carbons (Fsp3) is 0.571. The normalized spacial score (nSPS) is 20.0. The Morgan fingerprint density at radius 2 is 2.00 bits per heavy atom. The minimum absolute atomic E-state index is 0.348. The second-order valence-corrected chi connectivity index (χ2v) is 7.54. The number of piperidine rings is 1. The molecule has 1 amide bonds. The van der Waals surface area contributed by atoms with Crippen molar-refractivity contribution in [3.63, 3.8) is 0 Å². The van der Waals surface area contributed by atoms with Crippen LogP contribution in [-0.2, 0) is 11.2 Å². The third-order valence-corrected chi connectivity index (χ3v) is 6.10. The van der Waals surface area contributed by atoms with Crippen molar-refractivity contribution < 1.29 is 4.79 Å². The number of likely N-dealkylation sites (tertiary alicyclic amines) is 2. The number of aromatic amines is 1. The summed E-state index contributed by atoms with van der Waals surface area (Å²) in [6, 6.07) is 6.69. The highest BCUT2D eigenvalue weighted by Crippen LogP contribution is 2.34. The van der Waals surface area contributed by atoms with Gasteiger partial charge in [-0.2, -0.15) is 0 Å². The second-order valence-electron chi connectivity index (χ2n) is 7.54.